The molecule has 0 spiro atoms. The number of carbonyl (C=O) groups excluding carboxylic acids is 1. The molecule has 0 aliphatic carbocycles. The lowest BCUT2D eigenvalue weighted by atomic mass is 10.0. The Kier molecular flexibility index (Phi) is 4.23. The van der Waals surface area contributed by atoms with Crippen molar-refractivity contribution in [1.82, 2.24) is 0 Å². The summed E-state index contributed by atoms with van der Waals surface area (Å²) in [5.74, 6) is -5.87. The van der Waals surface area contributed by atoms with Crippen LogP contribution in [0.3, 0.4) is 0 Å². The fourth-order valence-corrected chi connectivity index (χ4v) is 1.99. The molecule has 0 saturated heterocycles. The molecule has 0 fully saturated rings. The van der Waals surface area contributed by atoms with E-state index in [1.807, 2.05) is 0 Å². The summed E-state index contributed by atoms with van der Waals surface area (Å²) < 4.78 is 52.9. The normalized spacial score (nSPS) is 10.7. The molecule has 0 atom stereocenters. The van der Waals surface area contributed by atoms with Crippen LogP contribution >= 0.6 is 15.9 Å². The second kappa shape index (κ2) is 5.75. The van der Waals surface area contributed by atoms with Gasteiger partial charge in [0.25, 0.3) is 0 Å². The molecule has 0 aromatic heterocycles. The minimum absolute atomic E-state index is 0.0864. The first-order valence-electron chi connectivity index (χ1n) is 5.50. The summed E-state index contributed by atoms with van der Waals surface area (Å²) in [6.07, 6.45) is -0.371. The molecule has 0 heterocycles. The zero-order valence-corrected chi connectivity index (χ0v) is 11.5. The monoisotopic (exact) mass is 346 g/mol. The van der Waals surface area contributed by atoms with Crippen molar-refractivity contribution in [3.63, 3.8) is 0 Å². The summed E-state index contributed by atoms with van der Waals surface area (Å²) in [4.78, 5) is 11.8. The summed E-state index contributed by atoms with van der Waals surface area (Å²) in [5.41, 5.74) is -0.257. The lowest BCUT2D eigenvalue weighted by Crippen LogP contribution is -2.07. The van der Waals surface area contributed by atoms with Crippen molar-refractivity contribution < 1.29 is 22.4 Å². The van der Waals surface area contributed by atoms with Crippen molar-refractivity contribution in [2.75, 3.05) is 0 Å². The molecule has 0 saturated carbocycles. The van der Waals surface area contributed by atoms with Crippen LogP contribution < -0.4 is 0 Å². The third-order valence-electron chi connectivity index (χ3n) is 2.67. The highest BCUT2D eigenvalue weighted by Crippen LogP contribution is 2.19. The molecule has 2 rings (SSSR count). The second-order valence-electron chi connectivity index (χ2n) is 4.09. The van der Waals surface area contributed by atoms with Gasteiger partial charge in [-0.1, -0.05) is 22.0 Å². The minimum atomic E-state index is -1.64. The van der Waals surface area contributed by atoms with Crippen molar-refractivity contribution in [2.24, 2.45) is 0 Å². The Hall–Kier alpha value is -1.69. The van der Waals surface area contributed by atoms with E-state index in [9.17, 15) is 22.4 Å². The lowest BCUT2D eigenvalue weighted by molar-refractivity contribution is 0.0990. The van der Waals surface area contributed by atoms with Crippen molar-refractivity contribution in [3.8, 4) is 0 Å². The molecule has 0 N–H and O–H groups in total. The fraction of sp³-hybridized carbons (Fsp3) is 0.0714. The van der Waals surface area contributed by atoms with E-state index in [0.29, 0.717) is 16.6 Å². The van der Waals surface area contributed by atoms with Gasteiger partial charge in [0.15, 0.2) is 23.2 Å². The van der Waals surface area contributed by atoms with E-state index in [2.05, 4.69) is 15.9 Å². The Bertz CT molecular complexity index is 662. The van der Waals surface area contributed by atoms with E-state index in [1.165, 1.54) is 18.2 Å². The van der Waals surface area contributed by atoms with E-state index in [-0.39, 0.29) is 17.5 Å². The smallest absolute Gasteiger partial charge is 0.194 e. The molecular formula is C14H7BrF4O. The van der Waals surface area contributed by atoms with E-state index in [0.717, 1.165) is 0 Å². The molecule has 1 nitrogen and oxygen atoms in total. The summed E-state index contributed by atoms with van der Waals surface area (Å²) in [6.45, 7) is 0. The lowest BCUT2D eigenvalue weighted by Gasteiger charge is -2.05. The number of Topliss-reactive ketones (excluding diaryl/α,β-unsaturated/α-hetero) is 1. The number of hydrogen-bond donors (Lipinski definition) is 0. The Balaban J connectivity index is 2.28. The van der Waals surface area contributed by atoms with Crippen LogP contribution in [0.4, 0.5) is 17.6 Å². The Labute approximate surface area is 120 Å². The van der Waals surface area contributed by atoms with E-state index in [1.54, 1.807) is 0 Å². The van der Waals surface area contributed by atoms with Gasteiger partial charge in [0.05, 0.1) is 0 Å². The Morgan fingerprint density at radius 2 is 1.55 bits per heavy atom. The second-order valence-corrected chi connectivity index (χ2v) is 5.01. The fourth-order valence-electron chi connectivity index (χ4n) is 1.66. The molecule has 0 aliphatic rings. The molecular weight excluding hydrogens is 340 g/mol. The predicted molar refractivity (Wildman–Crippen MR) is 68.5 cm³/mol. The number of hydrogen-bond acceptors (Lipinski definition) is 1. The molecule has 2 aromatic rings. The van der Waals surface area contributed by atoms with Crippen LogP contribution in [0.5, 0.6) is 0 Å². The largest absolute Gasteiger partial charge is 0.294 e. The highest BCUT2D eigenvalue weighted by atomic mass is 79.9. The summed E-state index contributed by atoms with van der Waals surface area (Å²) in [7, 11) is 0. The van der Waals surface area contributed by atoms with Crippen molar-refractivity contribution in [1.29, 1.82) is 0 Å². The number of carbonyl (C=O) groups is 1. The summed E-state index contributed by atoms with van der Waals surface area (Å²) in [5, 5.41) is 0. The number of rotatable bonds is 3. The van der Waals surface area contributed by atoms with Gasteiger partial charge < -0.3 is 0 Å². The Morgan fingerprint density at radius 1 is 0.950 bits per heavy atom. The van der Waals surface area contributed by atoms with Gasteiger partial charge in [0.2, 0.25) is 0 Å². The molecule has 0 unspecified atom stereocenters. The highest BCUT2D eigenvalue weighted by Gasteiger charge is 2.16. The van der Waals surface area contributed by atoms with E-state index < -0.39 is 29.1 Å². The SMILES string of the molecule is O=C(Cc1ccc(Br)cc1F)c1cc(F)c(F)c(F)c1. The third kappa shape index (κ3) is 3.07. The van der Waals surface area contributed by atoms with Crippen LogP contribution in [-0.2, 0) is 6.42 Å². The predicted octanol–water partition coefficient (Wildman–Crippen LogP) is 4.43. The zero-order chi connectivity index (χ0) is 14.9. The van der Waals surface area contributed by atoms with Crippen molar-refractivity contribution in [2.45, 2.75) is 6.42 Å². The maximum Gasteiger partial charge on any atom is 0.194 e. The summed E-state index contributed by atoms with van der Waals surface area (Å²) >= 11 is 3.07. The molecule has 0 aliphatic heterocycles. The molecule has 0 radical (unpaired) electrons. The van der Waals surface area contributed by atoms with Crippen LogP contribution in [-0.4, -0.2) is 5.78 Å². The molecule has 104 valence electrons. The van der Waals surface area contributed by atoms with Crippen LogP contribution in [0.25, 0.3) is 0 Å². The molecule has 6 heteroatoms. The number of halogens is 5. The third-order valence-corrected chi connectivity index (χ3v) is 3.17. The van der Waals surface area contributed by atoms with Gasteiger partial charge in [0, 0.05) is 16.5 Å². The first kappa shape index (κ1) is 14.7. The molecule has 20 heavy (non-hydrogen) atoms. The quantitative estimate of drug-likeness (QED) is 0.456. The first-order valence-corrected chi connectivity index (χ1v) is 6.29. The van der Waals surface area contributed by atoms with Crippen LogP contribution in [0.2, 0.25) is 0 Å². The van der Waals surface area contributed by atoms with Gasteiger partial charge in [-0.2, -0.15) is 0 Å². The van der Waals surface area contributed by atoms with Crippen LogP contribution in [0.1, 0.15) is 15.9 Å². The maximum atomic E-state index is 13.6. The zero-order valence-electron chi connectivity index (χ0n) is 9.89. The topological polar surface area (TPSA) is 17.1 Å². The van der Waals surface area contributed by atoms with Crippen molar-refractivity contribution >= 4 is 21.7 Å². The van der Waals surface area contributed by atoms with Crippen molar-refractivity contribution in [3.05, 3.63) is 69.2 Å². The first-order chi connectivity index (χ1) is 9.38. The van der Waals surface area contributed by atoms with Crippen LogP contribution in [0.15, 0.2) is 34.8 Å². The van der Waals surface area contributed by atoms with Gasteiger partial charge in [-0.15, -0.1) is 0 Å². The molecule has 0 amide bonds. The maximum absolute atomic E-state index is 13.6. The number of benzene rings is 2. The standard InChI is InChI=1S/C14H7BrF4O/c15-9-2-1-7(10(16)6-9)5-13(20)8-3-11(17)14(19)12(18)4-8/h1-4,6H,5H2. The van der Waals surface area contributed by atoms with E-state index >= 15 is 0 Å². The minimum Gasteiger partial charge on any atom is -0.294 e. The van der Waals surface area contributed by atoms with Gasteiger partial charge >= 0.3 is 0 Å². The highest BCUT2D eigenvalue weighted by molar-refractivity contribution is 9.10. The average Bonchev–Trinajstić information content (AvgIpc) is 2.38. The van der Waals surface area contributed by atoms with Gasteiger partial charge in [-0.3, -0.25) is 4.79 Å². The number of ketones is 1. The average molecular weight is 347 g/mol. The van der Waals surface area contributed by atoms with Gasteiger partial charge in [-0.25, -0.2) is 17.6 Å². The molecule has 0 bridgehead atoms. The van der Waals surface area contributed by atoms with Crippen LogP contribution in [0, 0.1) is 23.3 Å². The van der Waals surface area contributed by atoms with E-state index in [4.69, 9.17) is 0 Å². The Morgan fingerprint density at radius 3 is 2.10 bits per heavy atom. The van der Waals surface area contributed by atoms with Gasteiger partial charge in [0.1, 0.15) is 5.82 Å². The molecule has 2 aromatic carbocycles. The summed E-state index contributed by atoms with van der Waals surface area (Å²) in [6, 6.07) is 5.29. The van der Waals surface area contributed by atoms with Gasteiger partial charge in [-0.05, 0) is 29.8 Å².